The molecule has 92 valence electrons. The zero-order valence-electron chi connectivity index (χ0n) is 9.37. The molecule has 1 saturated heterocycles. The van der Waals surface area contributed by atoms with E-state index in [9.17, 15) is 9.59 Å². The maximum Gasteiger partial charge on any atom is 0.229 e. The van der Waals surface area contributed by atoms with Gasteiger partial charge in [-0.15, -0.1) is 0 Å². The van der Waals surface area contributed by atoms with Crippen LogP contribution in [0.2, 0.25) is 5.02 Å². The average molecular weight is 264 g/mol. The van der Waals surface area contributed by atoms with Crippen LogP contribution in [0.4, 0.5) is 5.69 Å². The van der Waals surface area contributed by atoms with Crippen LogP contribution in [-0.4, -0.2) is 18.4 Å². The van der Waals surface area contributed by atoms with Gasteiger partial charge in [-0.3, -0.25) is 9.59 Å². The maximum absolute atomic E-state index is 11.9. The Kier molecular flexibility index (Phi) is 3.49. The van der Waals surface area contributed by atoms with E-state index >= 15 is 0 Å². The zero-order chi connectivity index (χ0) is 13.1. The Morgan fingerprint density at radius 1 is 1.56 bits per heavy atom. The molecule has 2 amide bonds. The predicted octanol–water partition coefficient (Wildman–Crippen LogP) is 1.29. The Balaban J connectivity index is 2.14. The Morgan fingerprint density at radius 2 is 2.33 bits per heavy atom. The summed E-state index contributed by atoms with van der Waals surface area (Å²) < 4.78 is 0. The zero-order valence-corrected chi connectivity index (χ0v) is 10.1. The molecular formula is C12H10ClN3O2. The molecule has 5 nitrogen and oxygen atoms in total. The molecule has 0 aliphatic carbocycles. The van der Waals surface area contributed by atoms with Crippen LogP contribution in [-0.2, 0) is 9.59 Å². The summed E-state index contributed by atoms with van der Waals surface area (Å²) in [5.74, 6) is -0.822. The van der Waals surface area contributed by atoms with E-state index < -0.39 is 5.92 Å². The summed E-state index contributed by atoms with van der Waals surface area (Å²) in [5.41, 5.74) is 0.708. The fraction of sp³-hybridized carbons (Fsp3) is 0.250. The number of nitrogens with one attached hydrogen (secondary N) is 2. The molecule has 1 heterocycles. The minimum absolute atomic E-state index is 0.137. The van der Waals surface area contributed by atoms with Gasteiger partial charge in [0.15, 0.2) is 0 Å². The lowest BCUT2D eigenvalue weighted by atomic mass is 10.1. The van der Waals surface area contributed by atoms with Crippen molar-refractivity contribution in [3.8, 4) is 6.07 Å². The van der Waals surface area contributed by atoms with Gasteiger partial charge in [0.1, 0.15) is 6.07 Å². The number of carbonyl (C=O) groups excluding carboxylic acids is 2. The Morgan fingerprint density at radius 3 is 2.94 bits per heavy atom. The van der Waals surface area contributed by atoms with Crippen LogP contribution in [0.15, 0.2) is 18.2 Å². The van der Waals surface area contributed by atoms with Gasteiger partial charge in [0.25, 0.3) is 0 Å². The van der Waals surface area contributed by atoms with Crippen molar-refractivity contribution in [1.29, 1.82) is 5.26 Å². The molecular weight excluding hydrogens is 254 g/mol. The van der Waals surface area contributed by atoms with E-state index in [1.54, 1.807) is 6.07 Å². The van der Waals surface area contributed by atoms with Gasteiger partial charge in [-0.2, -0.15) is 5.26 Å². The summed E-state index contributed by atoms with van der Waals surface area (Å²) in [4.78, 5) is 22.9. The second-order valence-corrected chi connectivity index (χ2v) is 4.43. The number of nitrogens with zero attached hydrogens (tertiary/aromatic N) is 1. The van der Waals surface area contributed by atoms with Crippen molar-refractivity contribution in [2.75, 3.05) is 11.9 Å². The number of anilines is 1. The first-order valence-corrected chi connectivity index (χ1v) is 5.75. The highest BCUT2D eigenvalue weighted by molar-refractivity contribution is 6.31. The summed E-state index contributed by atoms with van der Waals surface area (Å²) in [6.07, 6.45) is 0.175. The number of nitriles is 1. The van der Waals surface area contributed by atoms with Crippen molar-refractivity contribution in [2.24, 2.45) is 5.92 Å². The van der Waals surface area contributed by atoms with Gasteiger partial charge in [0.2, 0.25) is 11.8 Å². The van der Waals surface area contributed by atoms with Crippen LogP contribution in [0.25, 0.3) is 0 Å². The molecule has 0 bridgehead atoms. The Hall–Kier alpha value is -2.06. The molecule has 0 saturated carbocycles. The molecule has 2 N–H and O–H groups in total. The number of benzene rings is 1. The Labute approximate surface area is 109 Å². The molecule has 0 radical (unpaired) electrons. The molecule has 1 unspecified atom stereocenters. The maximum atomic E-state index is 11.9. The second-order valence-electron chi connectivity index (χ2n) is 4.00. The normalized spacial score (nSPS) is 18.0. The first-order chi connectivity index (χ1) is 8.60. The van der Waals surface area contributed by atoms with Gasteiger partial charge in [-0.05, 0) is 18.2 Å². The van der Waals surface area contributed by atoms with E-state index in [1.165, 1.54) is 12.1 Å². The number of halogens is 1. The quantitative estimate of drug-likeness (QED) is 0.843. The minimum Gasteiger partial charge on any atom is -0.355 e. The summed E-state index contributed by atoms with van der Waals surface area (Å²) in [6.45, 7) is 0.327. The van der Waals surface area contributed by atoms with Crippen molar-refractivity contribution >= 4 is 29.1 Å². The highest BCUT2D eigenvalue weighted by Crippen LogP contribution is 2.22. The minimum atomic E-state index is -0.400. The SMILES string of the molecule is N#Cc1ccc(Cl)cc1NC(=O)C1CNC(=O)C1. The molecule has 0 spiro atoms. The molecule has 2 rings (SSSR count). The highest BCUT2D eigenvalue weighted by atomic mass is 35.5. The van der Waals surface area contributed by atoms with Crippen LogP contribution in [0.3, 0.4) is 0 Å². The molecule has 1 aliphatic rings. The topological polar surface area (TPSA) is 82.0 Å². The first kappa shape index (κ1) is 12.4. The number of rotatable bonds is 2. The third-order valence-electron chi connectivity index (χ3n) is 2.71. The molecule has 1 fully saturated rings. The lowest BCUT2D eigenvalue weighted by molar-refractivity contribution is -0.123. The van der Waals surface area contributed by atoms with Gasteiger partial charge in [0.05, 0.1) is 17.2 Å². The number of amides is 2. The molecule has 0 aromatic heterocycles. The second kappa shape index (κ2) is 5.07. The Bertz CT molecular complexity index is 551. The third-order valence-corrected chi connectivity index (χ3v) is 2.94. The van der Waals surface area contributed by atoms with Crippen LogP contribution >= 0.6 is 11.6 Å². The van der Waals surface area contributed by atoms with Crippen molar-refractivity contribution < 1.29 is 9.59 Å². The van der Waals surface area contributed by atoms with Crippen molar-refractivity contribution in [3.05, 3.63) is 28.8 Å². The largest absolute Gasteiger partial charge is 0.355 e. The fourth-order valence-corrected chi connectivity index (χ4v) is 1.91. The third kappa shape index (κ3) is 2.60. The van der Waals surface area contributed by atoms with E-state index in [4.69, 9.17) is 16.9 Å². The van der Waals surface area contributed by atoms with E-state index in [0.29, 0.717) is 22.8 Å². The number of carbonyl (C=O) groups is 2. The lowest BCUT2D eigenvalue weighted by Gasteiger charge is -2.10. The summed E-state index contributed by atoms with van der Waals surface area (Å²) in [7, 11) is 0. The van der Waals surface area contributed by atoms with Gasteiger partial charge >= 0.3 is 0 Å². The highest BCUT2D eigenvalue weighted by Gasteiger charge is 2.28. The fourth-order valence-electron chi connectivity index (χ4n) is 1.74. The average Bonchev–Trinajstić information content (AvgIpc) is 2.76. The first-order valence-electron chi connectivity index (χ1n) is 5.37. The van der Waals surface area contributed by atoms with Crippen LogP contribution in [0.1, 0.15) is 12.0 Å². The summed E-state index contributed by atoms with van der Waals surface area (Å²) in [5, 5.41) is 14.6. The monoisotopic (exact) mass is 263 g/mol. The molecule has 1 aliphatic heterocycles. The van der Waals surface area contributed by atoms with Crippen molar-refractivity contribution in [1.82, 2.24) is 5.32 Å². The molecule has 18 heavy (non-hydrogen) atoms. The predicted molar refractivity (Wildman–Crippen MR) is 65.9 cm³/mol. The molecule has 1 atom stereocenters. The van der Waals surface area contributed by atoms with Crippen LogP contribution in [0.5, 0.6) is 0 Å². The lowest BCUT2D eigenvalue weighted by Crippen LogP contribution is -2.25. The van der Waals surface area contributed by atoms with Crippen LogP contribution < -0.4 is 10.6 Å². The van der Waals surface area contributed by atoms with Crippen molar-refractivity contribution in [2.45, 2.75) is 6.42 Å². The molecule has 1 aromatic rings. The summed E-state index contributed by atoms with van der Waals surface area (Å²) in [6, 6.07) is 6.61. The number of hydrogen-bond acceptors (Lipinski definition) is 3. The van der Waals surface area contributed by atoms with Gasteiger partial charge in [0, 0.05) is 18.0 Å². The molecule has 1 aromatic carbocycles. The summed E-state index contributed by atoms with van der Waals surface area (Å²) >= 11 is 5.81. The smallest absolute Gasteiger partial charge is 0.229 e. The van der Waals surface area contributed by atoms with Gasteiger partial charge < -0.3 is 10.6 Å². The van der Waals surface area contributed by atoms with E-state index in [1.807, 2.05) is 6.07 Å². The standard InChI is InChI=1S/C12H10ClN3O2/c13-9-2-1-7(5-14)10(4-9)16-12(18)8-3-11(17)15-6-8/h1-2,4,8H,3,6H2,(H,15,17)(H,16,18). The van der Waals surface area contributed by atoms with E-state index in [2.05, 4.69) is 10.6 Å². The number of hydrogen-bond donors (Lipinski definition) is 2. The van der Waals surface area contributed by atoms with Gasteiger partial charge in [-0.25, -0.2) is 0 Å². The van der Waals surface area contributed by atoms with E-state index in [0.717, 1.165) is 0 Å². The van der Waals surface area contributed by atoms with Gasteiger partial charge in [-0.1, -0.05) is 11.6 Å². The van der Waals surface area contributed by atoms with E-state index in [-0.39, 0.29) is 18.2 Å². The molecule has 6 heteroatoms. The van der Waals surface area contributed by atoms with Crippen molar-refractivity contribution in [3.63, 3.8) is 0 Å². The van der Waals surface area contributed by atoms with Crippen LogP contribution in [0, 0.1) is 17.2 Å².